The van der Waals surface area contributed by atoms with Gasteiger partial charge in [-0.3, -0.25) is 9.59 Å². The zero-order chi connectivity index (χ0) is 15.9. The van der Waals surface area contributed by atoms with Crippen molar-refractivity contribution < 1.29 is 14.6 Å². The molecule has 0 radical (unpaired) electrons. The Bertz CT molecular complexity index is 510. The van der Waals surface area contributed by atoms with Crippen LogP contribution < -0.4 is 10.5 Å². The molecule has 1 atom stereocenters. The molecule has 0 unspecified atom stereocenters. The number of nitrogens with zero attached hydrogens (tertiary/aromatic N) is 1. The fourth-order valence-electron chi connectivity index (χ4n) is 2.58. The van der Waals surface area contributed by atoms with Gasteiger partial charge in [-0.2, -0.15) is 0 Å². The van der Waals surface area contributed by atoms with E-state index in [2.05, 4.69) is 10.5 Å². The molecule has 0 saturated carbocycles. The third kappa shape index (κ3) is 4.94. The monoisotopic (exact) mass is 303 g/mol. The van der Waals surface area contributed by atoms with Gasteiger partial charge in [0.1, 0.15) is 0 Å². The Morgan fingerprint density at radius 2 is 2.05 bits per heavy atom. The van der Waals surface area contributed by atoms with Gasteiger partial charge in [-0.15, -0.1) is 0 Å². The van der Waals surface area contributed by atoms with Gasteiger partial charge >= 0.3 is 7.05 Å². The van der Waals surface area contributed by atoms with Crippen molar-refractivity contribution >= 4 is 18.7 Å². The van der Waals surface area contributed by atoms with Crippen LogP contribution in [0.25, 0.3) is 0 Å². The molecule has 1 aromatic carbocycles. The molecule has 1 heterocycles. The van der Waals surface area contributed by atoms with Crippen LogP contribution in [0.3, 0.4) is 0 Å². The zero-order valence-electron chi connectivity index (χ0n) is 12.8. The van der Waals surface area contributed by atoms with Crippen LogP contribution in [0.2, 0.25) is 6.82 Å². The predicted octanol–water partition coefficient (Wildman–Crippen LogP) is -0.240. The Balaban J connectivity index is 1.69. The molecular formula is C15H22BN3O3. The van der Waals surface area contributed by atoms with Gasteiger partial charge < -0.3 is 20.5 Å². The summed E-state index contributed by atoms with van der Waals surface area (Å²) >= 11 is 0. The smallest absolute Gasteiger partial charge is 0.373 e. The Labute approximate surface area is 131 Å². The second-order valence-corrected chi connectivity index (χ2v) is 5.56. The molecule has 1 aromatic rings. The maximum absolute atomic E-state index is 12.1. The largest absolute Gasteiger partial charge is 0.437 e. The summed E-state index contributed by atoms with van der Waals surface area (Å²) in [4.78, 5) is 25.7. The van der Waals surface area contributed by atoms with Crippen LogP contribution in [0.5, 0.6) is 0 Å². The van der Waals surface area contributed by atoms with Crippen molar-refractivity contribution in [1.29, 1.82) is 0 Å². The second-order valence-electron chi connectivity index (χ2n) is 5.56. The Morgan fingerprint density at radius 1 is 1.32 bits per heavy atom. The van der Waals surface area contributed by atoms with Gasteiger partial charge in [-0.1, -0.05) is 30.3 Å². The molecule has 1 fully saturated rings. The first-order valence-electron chi connectivity index (χ1n) is 7.57. The number of carbonyl (C=O) groups is 2. The number of ketones is 1. The maximum Gasteiger partial charge on any atom is 0.373 e. The van der Waals surface area contributed by atoms with Gasteiger partial charge in [-0.05, 0) is 13.2 Å². The van der Waals surface area contributed by atoms with Crippen LogP contribution in [-0.2, 0) is 4.79 Å². The molecule has 2 rings (SSSR count). The van der Waals surface area contributed by atoms with Gasteiger partial charge in [-0.25, -0.2) is 0 Å². The summed E-state index contributed by atoms with van der Waals surface area (Å²) in [7, 11) is -0.568. The molecular weight excluding hydrogens is 281 g/mol. The molecule has 0 aliphatic carbocycles. The van der Waals surface area contributed by atoms with E-state index in [1.165, 1.54) is 0 Å². The third-order valence-electron chi connectivity index (χ3n) is 3.68. The number of hydrogen-bond acceptors (Lipinski definition) is 5. The van der Waals surface area contributed by atoms with Gasteiger partial charge in [0, 0.05) is 24.7 Å². The molecule has 118 valence electrons. The lowest BCUT2D eigenvalue weighted by Gasteiger charge is -2.17. The van der Waals surface area contributed by atoms with E-state index < -0.39 is 7.05 Å². The highest BCUT2D eigenvalue weighted by Gasteiger charge is 2.26. The van der Waals surface area contributed by atoms with Crippen LogP contribution in [0, 0.1) is 0 Å². The number of amides is 1. The average molecular weight is 303 g/mol. The fourth-order valence-corrected chi connectivity index (χ4v) is 2.58. The van der Waals surface area contributed by atoms with Gasteiger partial charge in [0.2, 0.25) is 5.91 Å². The topological polar surface area (TPSA) is 81.7 Å². The fraction of sp³-hybridized carbons (Fsp3) is 0.467. The molecule has 3 N–H and O–H groups in total. The highest BCUT2D eigenvalue weighted by atomic mass is 16.2. The van der Waals surface area contributed by atoms with E-state index in [0.29, 0.717) is 18.7 Å². The molecule has 0 bridgehead atoms. The van der Waals surface area contributed by atoms with E-state index in [1.807, 2.05) is 18.2 Å². The number of nitrogens with one attached hydrogen (secondary N) is 2. The van der Waals surface area contributed by atoms with E-state index in [-0.39, 0.29) is 30.8 Å². The molecule has 0 aromatic heterocycles. The highest BCUT2D eigenvalue weighted by Crippen LogP contribution is 2.09. The lowest BCUT2D eigenvalue weighted by atomic mass is 9.87. The van der Waals surface area contributed by atoms with Crippen LogP contribution in [0.15, 0.2) is 30.3 Å². The summed E-state index contributed by atoms with van der Waals surface area (Å²) in [5.41, 5.74) is 0.643. The molecule has 0 spiro atoms. The first kappa shape index (κ1) is 16.7. The van der Waals surface area contributed by atoms with Crippen LogP contribution in [0.1, 0.15) is 16.8 Å². The van der Waals surface area contributed by atoms with Crippen molar-refractivity contribution in [3.63, 3.8) is 0 Å². The van der Waals surface area contributed by atoms with Gasteiger partial charge in [0.25, 0.3) is 0 Å². The summed E-state index contributed by atoms with van der Waals surface area (Å²) < 4.78 is 0. The van der Waals surface area contributed by atoms with Crippen molar-refractivity contribution in [1.82, 2.24) is 15.4 Å². The molecule has 1 aliphatic rings. The van der Waals surface area contributed by atoms with Crippen molar-refractivity contribution in [2.45, 2.75) is 19.3 Å². The van der Waals surface area contributed by atoms with Gasteiger partial charge in [0.05, 0.1) is 13.1 Å². The average Bonchev–Trinajstić information content (AvgIpc) is 2.95. The van der Waals surface area contributed by atoms with Crippen LogP contribution in [0.4, 0.5) is 0 Å². The van der Waals surface area contributed by atoms with Crippen molar-refractivity contribution in [2.24, 2.45) is 0 Å². The van der Waals surface area contributed by atoms with E-state index in [4.69, 9.17) is 0 Å². The summed E-state index contributed by atoms with van der Waals surface area (Å²) in [6.45, 7) is 3.25. The summed E-state index contributed by atoms with van der Waals surface area (Å²) in [6.07, 6.45) is 0.833. The Morgan fingerprint density at radius 3 is 2.73 bits per heavy atom. The van der Waals surface area contributed by atoms with Crippen molar-refractivity contribution in [3.05, 3.63) is 35.9 Å². The van der Waals surface area contributed by atoms with Crippen LogP contribution >= 0.6 is 0 Å². The minimum absolute atomic E-state index is 0.0178. The zero-order valence-corrected chi connectivity index (χ0v) is 12.8. The van der Waals surface area contributed by atoms with E-state index in [1.54, 1.807) is 23.9 Å². The number of carbonyl (C=O) groups excluding carboxylic acids is 2. The summed E-state index contributed by atoms with van der Waals surface area (Å²) in [6, 6.07) is 9.15. The summed E-state index contributed by atoms with van der Waals surface area (Å²) in [5, 5.41) is 15.2. The quantitative estimate of drug-likeness (QED) is 0.478. The number of rotatable bonds is 7. The number of benzene rings is 1. The Hall–Kier alpha value is -1.70. The van der Waals surface area contributed by atoms with E-state index >= 15 is 0 Å². The maximum atomic E-state index is 12.1. The third-order valence-corrected chi connectivity index (χ3v) is 3.68. The lowest BCUT2D eigenvalue weighted by Crippen LogP contribution is -2.43. The normalized spacial score (nSPS) is 17.5. The highest BCUT2D eigenvalue weighted by molar-refractivity contribution is 6.45. The number of Topliss-reactive ketones (excluding diaryl/α,β-unsaturated/α-hetero) is 1. The minimum atomic E-state index is -0.568. The molecule has 6 nitrogen and oxygen atoms in total. The Kier molecular flexibility index (Phi) is 6.12. The first-order valence-corrected chi connectivity index (χ1v) is 7.57. The van der Waals surface area contributed by atoms with Crippen LogP contribution in [-0.4, -0.2) is 60.9 Å². The predicted molar refractivity (Wildman–Crippen MR) is 85.6 cm³/mol. The lowest BCUT2D eigenvalue weighted by molar-refractivity contribution is -0.129. The molecule has 22 heavy (non-hydrogen) atoms. The first-order chi connectivity index (χ1) is 10.6. The molecule has 1 saturated heterocycles. The van der Waals surface area contributed by atoms with E-state index in [0.717, 1.165) is 6.42 Å². The van der Waals surface area contributed by atoms with E-state index in [9.17, 15) is 14.6 Å². The molecule has 1 aliphatic heterocycles. The SMILES string of the molecule is CB(O)N[C@H]1CCN(C(=O)CNCC(=O)c2ccccc2)C1. The van der Waals surface area contributed by atoms with Gasteiger partial charge in [0.15, 0.2) is 5.78 Å². The number of hydrogen-bond donors (Lipinski definition) is 3. The molecule has 1 amide bonds. The standard InChI is InChI=1S/C15H22BN3O3/c1-16(22)18-13-7-8-19(11-13)15(21)10-17-9-14(20)12-5-3-2-4-6-12/h2-6,13,17-18,22H,7-11H2,1H3/t13-/m0/s1. The number of likely N-dealkylation sites (tertiary alicyclic amines) is 1. The second kappa shape index (κ2) is 8.07. The van der Waals surface area contributed by atoms with Crippen molar-refractivity contribution in [3.8, 4) is 0 Å². The minimum Gasteiger partial charge on any atom is -0.437 e. The van der Waals surface area contributed by atoms with Crippen molar-refractivity contribution in [2.75, 3.05) is 26.2 Å². The summed E-state index contributed by atoms with van der Waals surface area (Å²) in [5.74, 6) is -0.0424. The molecule has 7 heteroatoms.